The van der Waals surface area contributed by atoms with Gasteiger partial charge in [-0.1, -0.05) is 6.07 Å². The third-order valence-electron chi connectivity index (χ3n) is 4.39. The van der Waals surface area contributed by atoms with E-state index in [1.807, 2.05) is 4.90 Å². The number of aromatic nitrogens is 1. The lowest BCUT2D eigenvalue weighted by Gasteiger charge is -2.41. The van der Waals surface area contributed by atoms with Crippen molar-refractivity contribution < 1.29 is 45.0 Å². The van der Waals surface area contributed by atoms with Gasteiger partial charge in [0.05, 0.1) is 11.5 Å². The lowest BCUT2D eigenvalue weighted by Crippen LogP contribution is -2.46. The summed E-state index contributed by atoms with van der Waals surface area (Å²) in [4.78, 5) is 13.7. The second-order valence-electron chi connectivity index (χ2n) is 6.52. The van der Waals surface area contributed by atoms with Crippen molar-refractivity contribution in [3.63, 3.8) is 0 Å². The Hall–Kier alpha value is -2.12. The predicted molar refractivity (Wildman–Crippen MR) is 94.5 cm³/mol. The molecule has 0 atom stereocenters. The fourth-order valence-corrected chi connectivity index (χ4v) is 4.13. The number of fused-ring (bicyclic) bond motifs is 1. The highest BCUT2D eigenvalue weighted by atomic mass is 32.3. The Morgan fingerprint density at radius 1 is 1.00 bits per heavy atom. The SMILES string of the molecule is O=C(OC(C(F)(F)F)C(F)(F)F)n1cc2ccc(N3CCS(O)(O)CC3)cc2c1. The minimum absolute atomic E-state index is 0.189. The molecule has 1 aliphatic heterocycles. The van der Waals surface area contributed by atoms with E-state index < -0.39 is 35.1 Å². The Balaban J connectivity index is 1.80. The summed E-state index contributed by atoms with van der Waals surface area (Å²) in [6.07, 6.45) is -15.5. The number of halogens is 6. The van der Waals surface area contributed by atoms with Crippen LogP contribution in [0.3, 0.4) is 0 Å². The van der Waals surface area contributed by atoms with Crippen LogP contribution < -0.4 is 4.90 Å². The van der Waals surface area contributed by atoms with Crippen molar-refractivity contribution in [3.8, 4) is 0 Å². The molecule has 1 fully saturated rings. The number of nitrogens with zero attached hydrogens (tertiary/aromatic N) is 2. The average Bonchev–Trinajstić information content (AvgIpc) is 3.00. The maximum Gasteiger partial charge on any atom is 0.434 e. The van der Waals surface area contributed by atoms with E-state index >= 15 is 0 Å². The van der Waals surface area contributed by atoms with Gasteiger partial charge in [0.15, 0.2) is 0 Å². The molecule has 1 aliphatic rings. The number of carbonyl (C=O) groups excluding carboxylic acids is 1. The van der Waals surface area contributed by atoms with E-state index in [0.29, 0.717) is 34.1 Å². The Morgan fingerprint density at radius 3 is 2.10 bits per heavy atom. The molecular weight excluding hydrogens is 430 g/mol. The molecule has 1 saturated heterocycles. The van der Waals surface area contributed by atoms with E-state index in [2.05, 4.69) is 4.74 Å². The van der Waals surface area contributed by atoms with Gasteiger partial charge in [-0.15, -0.1) is 0 Å². The monoisotopic (exact) mass is 446 g/mol. The average molecular weight is 446 g/mol. The molecule has 2 aromatic rings. The molecule has 2 heterocycles. The van der Waals surface area contributed by atoms with Crippen LogP contribution in [0.1, 0.15) is 0 Å². The summed E-state index contributed by atoms with van der Waals surface area (Å²) in [7, 11) is -2.60. The molecule has 2 N–H and O–H groups in total. The zero-order chi connectivity index (χ0) is 21.6. The number of carbonyl (C=O) groups is 1. The summed E-state index contributed by atoms with van der Waals surface area (Å²) in [6.45, 7) is 0.741. The van der Waals surface area contributed by atoms with E-state index in [4.69, 9.17) is 0 Å². The van der Waals surface area contributed by atoms with Gasteiger partial charge in [-0.05, 0) is 12.1 Å². The highest BCUT2D eigenvalue weighted by molar-refractivity contribution is 8.24. The summed E-state index contributed by atoms with van der Waals surface area (Å²) in [5.41, 5.74) is 0.668. The summed E-state index contributed by atoms with van der Waals surface area (Å²) in [6, 6.07) is 4.80. The van der Waals surface area contributed by atoms with E-state index in [0.717, 1.165) is 12.4 Å². The topological polar surface area (TPSA) is 74.9 Å². The molecule has 3 rings (SSSR count). The maximum absolute atomic E-state index is 12.6. The van der Waals surface area contributed by atoms with Crippen molar-refractivity contribution >= 4 is 33.1 Å². The first-order valence-electron chi connectivity index (χ1n) is 8.21. The second-order valence-corrected chi connectivity index (χ2v) is 8.94. The highest BCUT2D eigenvalue weighted by Gasteiger charge is 2.60. The number of hydrogen-bond acceptors (Lipinski definition) is 5. The molecule has 29 heavy (non-hydrogen) atoms. The number of benzene rings is 1. The van der Waals surface area contributed by atoms with Gasteiger partial charge in [0.2, 0.25) is 0 Å². The van der Waals surface area contributed by atoms with Crippen LogP contribution in [0, 0.1) is 0 Å². The van der Waals surface area contributed by atoms with Gasteiger partial charge >= 0.3 is 18.4 Å². The first kappa shape index (κ1) is 21.6. The fraction of sp³-hybridized carbons (Fsp3) is 0.438. The Labute approximate surface area is 162 Å². The standard InChI is InChI=1S/C16H16F6N2O4S/c17-15(18,19)13(16(20,21)22)28-14(25)24-8-10-1-2-12(7-11(10)9-24)23-3-5-29(26,27)6-4-23/h1-2,7-9,13,26-27H,3-6H2. The van der Waals surface area contributed by atoms with Crippen LogP contribution in [-0.4, -0.2) is 62.8 Å². The molecule has 0 spiro atoms. The van der Waals surface area contributed by atoms with Crippen LogP contribution in [0.2, 0.25) is 0 Å². The van der Waals surface area contributed by atoms with Gasteiger partial charge in [-0.25, -0.2) is 4.79 Å². The van der Waals surface area contributed by atoms with E-state index in [9.17, 15) is 40.2 Å². The van der Waals surface area contributed by atoms with E-state index in [1.54, 1.807) is 18.2 Å². The minimum Gasteiger partial charge on any atom is -0.426 e. The third-order valence-corrected chi connectivity index (χ3v) is 6.06. The maximum atomic E-state index is 12.6. The smallest absolute Gasteiger partial charge is 0.426 e. The molecule has 0 radical (unpaired) electrons. The zero-order valence-electron chi connectivity index (χ0n) is 14.6. The Bertz CT molecular complexity index is 887. The Morgan fingerprint density at radius 2 is 1.55 bits per heavy atom. The molecule has 162 valence electrons. The third kappa shape index (κ3) is 4.90. The van der Waals surface area contributed by atoms with Gasteiger partial charge in [-0.2, -0.15) is 36.9 Å². The number of anilines is 1. The summed E-state index contributed by atoms with van der Waals surface area (Å²) < 4.78 is 98.9. The van der Waals surface area contributed by atoms with Crippen molar-refractivity contribution in [2.75, 3.05) is 29.5 Å². The predicted octanol–water partition coefficient (Wildman–Crippen LogP) is 4.69. The molecule has 0 aliphatic carbocycles. The molecule has 6 nitrogen and oxygen atoms in total. The van der Waals surface area contributed by atoms with Crippen LogP contribution in [0.15, 0.2) is 30.6 Å². The number of rotatable bonds is 2. The molecule has 0 unspecified atom stereocenters. The minimum atomic E-state index is -5.79. The molecule has 0 saturated carbocycles. The zero-order valence-corrected chi connectivity index (χ0v) is 15.4. The molecular formula is C16H16F6N2O4S. The van der Waals surface area contributed by atoms with Crippen LogP contribution in [0.4, 0.5) is 36.8 Å². The number of hydrogen-bond donors (Lipinski definition) is 2. The van der Waals surface area contributed by atoms with Crippen LogP contribution in [-0.2, 0) is 4.74 Å². The van der Waals surface area contributed by atoms with E-state index in [-0.39, 0.29) is 11.5 Å². The van der Waals surface area contributed by atoms with Crippen molar-refractivity contribution in [2.45, 2.75) is 18.5 Å². The van der Waals surface area contributed by atoms with Crippen LogP contribution in [0.25, 0.3) is 10.8 Å². The molecule has 1 aromatic carbocycles. The van der Waals surface area contributed by atoms with Gasteiger partial charge in [-0.3, -0.25) is 13.7 Å². The lowest BCUT2D eigenvalue weighted by molar-refractivity contribution is -0.306. The highest BCUT2D eigenvalue weighted by Crippen LogP contribution is 2.41. The molecule has 1 aromatic heterocycles. The van der Waals surface area contributed by atoms with Gasteiger partial charge < -0.3 is 9.64 Å². The first-order chi connectivity index (χ1) is 13.3. The van der Waals surface area contributed by atoms with Crippen LogP contribution >= 0.6 is 10.6 Å². The van der Waals surface area contributed by atoms with Gasteiger partial charge in [0.1, 0.15) is 0 Å². The second kappa shape index (κ2) is 7.29. The summed E-state index contributed by atoms with van der Waals surface area (Å²) in [5, 5.41) is 0.801. The summed E-state index contributed by atoms with van der Waals surface area (Å²) in [5.74, 6) is 0.378. The quantitative estimate of drug-likeness (QED) is 0.655. The lowest BCUT2D eigenvalue weighted by atomic mass is 10.2. The number of alkyl halides is 6. The van der Waals surface area contributed by atoms with Gasteiger partial charge in [0, 0.05) is 41.9 Å². The van der Waals surface area contributed by atoms with E-state index in [1.165, 1.54) is 0 Å². The Kier molecular flexibility index (Phi) is 5.43. The molecule has 0 amide bonds. The normalized spacial score (nSPS) is 18.9. The fourth-order valence-electron chi connectivity index (χ4n) is 2.90. The van der Waals surface area contributed by atoms with Gasteiger partial charge in [0.25, 0.3) is 6.10 Å². The van der Waals surface area contributed by atoms with Crippen molar-refractivity contribution in [2.24, 2.45) is 0 Å². The van der Waals surface area contributed by atoms with Crippen molar-refractivity contribution in [3.05, 3.63) is 30.6 Å². The van der Waals surface area contributed by atoms with Crippen molar-refractivity contribution in [1.29, 1.82) is 0 Å². The van der Waals surface area contributed by atoms with Crippen molar-refractivity contribution in [1.82, 2.24) is 4.57 Å². The van der Waals surface area contributed by atoms with Crippen LogP contribution in [0.5, 0.6) is 0 Å². The largest absolute Gasteiger partial charge is 0.434 e. The number of ether oxygens (including phenoxy) is 1. The molecule has 13 heteroatoms. The first-order valence-corrected chi connectivity index (χ1v) is 10.1. The summed E-state index contributed by atoms with van der Waals surface area (Å²) >= 11 is 0. The molecule has 0 bridgehead atoms.